The Kier molecular flexibility index (Phi) is 3.86. The van der Waals surface area contributed by atoms with Crippen LogP contribution < -0.4 is 0 Å². The summed E-state index contributed by atoms with van der Waals surface area (Å²) in [5, 5.41) is 0. The molecule has 0 radical (unpaired) electrons. The molecular formula is C16H28O5. The molecule has 7 atom stereocenters. The molecule has 0 aromatic heterocycles. The summed E-state index contributed by atoms with van der Waals surface area (Å²) in [4.78, 5) is 11.7. The quantitative estimate of drug-likeness (QED) is 0.696. The van der Waals surface area contributed by atoms with E-state index >= 15 is 0 Å². The Hall–Kier alpha value is -0.200. The van der Waals surface area contributed by atoms with Crippen molar-refractivity contribution in [2.45, 2.75) is 77.3 Å². The van der Waals surface area contributed by atoms with E-state index in [0.29, 0.717) is 11.8 Å². The van der Waals surface area contributed by atoms with Crippen LogP contribution in [0.25, 0.3) is 0 Å². The van der Waals surface area contributed by atoms with Crippen molar-refractivity contribution < 1.29 is 24.0 Å². The number of ether oxygens (including phenoxy) is 3. The van der Waals surface area contributed by atoms with Gasteiger partial charge in [0, 0.05) is 25.4 Å². The lowest BCUT2D eigenvalue weighted by Crippen LogP contribution is -2.69. The molecule has 1 aliphatic carbocycles. The topological polar surface area (TPSA) is 46.2 Å². The van der Waals surface area contributed by atoms with E-state index in [1.54, 1.807) is 7.11 Å². The van der Waals surface area contributed by atoms with Gasteiger partial charge >= 0.3 is 0 Å². The second-order valence-corrected chi connectivity index (χ2v) is 6.98. The molecule has 4 heterocycles. The standard InChI is InChI=1S/C15H24O5.CH4/c1-9-11-6-4-5-10-7-8-14(2)18-13(17-12(9)16-3)15(10,11)20-19-14;/h9-13H,4-8H2,1-3H3;1H4/t9?,10?,11?,12?,13-,14-,15-;/m1./s1. The molecule has 1 spiro atoms. The van der Waals surface area contributed by atoms with E-state index in [9.17, 15) is 0 Å². The van der Waals surface area contributed by atoms with Crippen molar-refractivity contribution in [2.75, 3.05) is 7.11 Å². The number of fused-ring (bicyclic) bond motifs is 2. The number of hydrogen-bond donors (Lipinski definition) is 0. The van der Waals surface area contributed by atoms with Gasteiger partial charge in [0.2, 0.25) is 5.79 Å². The maximum atomic E-state index is 6.16. The van der Waals surface area contributed by atoms with E-state index in [2.05, 4.69) is 6.92 Å². The lowest BCUT2D eigenvalue weighted by Gasteiger charge is -2.58. The zero-order valence-corrected chi connectivity index (χ0v) is 12.5. The van der Waals surface area contributed by atoms with Crippen molar-refractivity contribution in [3.63, 3.8) is 0 Å². The van der Waals surface area contributed by atoms with Crippen molar-refractivity contribution in [3.05, 3.63) is 0 Å². The maximum Gasteiger partial charge on any atom is 0.201 e. The molecule has 4 unspecified atom stereocenters. The fraction of sp³-hybridized carbons (Fsp3) is 1.00. The summed E-state index contributed by atoms with van der Waals surface area (Å²) in [6.07, 6.45) is 4.88. The van der Waals surface area contributed by atoms with Gasteiger partial charge in [-0.3, -0.25) is 0 Å². The normalized spacial score (nSPS) is 55.3. The minimum absolute atomic E-state index is 0. The van der Waals surface area contributed by atoms with E-state index in [-0.39, 0.29) is 25.9 Å². The Bertz CT molecular complexity index is 402. The van der Waals surface area contributed by atoms with Crippen LogP contribution in [0.1, 0.15) is 53.4 Å². The molecule has 5 aliphatic rings. The molecule has 5 rings (SSSR count). The van der Waals surface area contributed by atoms with Crippen LogP contribution in [0.3, 0.4) is 0 Å². The van der Waals surface area contributed by atoms with Crippen LogP contribution in [0.15, 0.2) is 0 Å². The predicted octanol–water partition coefficient (Wildman–Crippen LogP) is 3.23. The molecule has 0 aromatic rings. The molecule has 5 nitrogen and oxygen atoms in total. The highest BCUT2D eigenvalue weighted by atomic mass is 17.3. The van der Waals surface area contributed by atoms with Crippen molar-refractivity contribution in [3.8, 4) is 0 Å². The monoisotopic (exact) mass is 300 g/mol. The first-order valence-electron chi connectivity index (χ1n) is 7.82. The van der Waals surface area contributed by atoms with Gasteiger partial charge in [0.25, 0.3) is 0 Å². The van der Waals surface area contributed by atoms with Gasteiger partial charge in [-0.1, -0.05) is 20.8 Å². The molecule has 122 valence electrons. The molecule has 0 aromatic carbocycles. The Morgan fingerprint density at radius 3 is 2.71 bits per heavy atom. The summed E-state index contributed by atoms with van der Waals surface area (Å²) in [7, 11) is 1.70. The molecule has 21 heavy (non-hydrogen) atoms. The summed E-state index contributed by atoms with van der Waals surface area (Å²) in [5.74, 6) is 0.425. The number of hydrogen-bond acceptors (Lipinski definition) is 5. The van der Waals surface area contributed by atoms with Crippen LogP contribution in [0.2, 0.25) is 0 Å². The lowest BCUT2D eigenvalue weighted by atomic mass is 9.61. The van der Waals surface area contributed by atoms with E-state index < -0.39 is 11.4 Å². The van der Waals surface area contributed by atoms with Gasteiger partial charge in [-0.15, -0.1) is 0 Å². The minimum Gasteiger partial charge on any atom is -0.355 e. The molecule has 5 heteroatoms. The molecule has 2 bridgehead atoms. The van der Waals surface area contributed by atoms with Crippen LogP contribution >= 0.6 is 0 Å². The van der Waals surface area contributed by atoms with Gasteiger partial charge < -0.3 is 14.2 Å². The zero-order chi connectivity index (χ0) is 14.0. The summed E-state index contributed by atoms with van der Waals surface area (Å²) in [5.41, 5.74) is -0.442. The average molecular weight is 300 g/mol. The maximum absolute atomic E-state index is 6.16. The summed E-state index contributed by atoms with van der Waals surface area (Å²) in [6.45, 7) is 4.13. The molecular weight excluding hydrogens is 272 g/mol. The summed E-state index contributed by atoms with van der Waals surface area (Å²) < 4.78 is 17.8. The van der Waals surface area contributed by atoms with Crippen molar-refractivity contribution in [2.24, 2.45) is 17.8 Å². The highest BCUT2D eigenvalue weighted by Gasteiger charge is 2.68. The Morgan fingerprint density at radius 1 is 1.14 bits per heavy atom. The predicted molar refractivity (Wildman–Crippen MR) is 76.0 cm³/mol. The molecule has 0 amide bonds. The van der Waals surface area contributed by atoms with Crippen LogP contribution in [0, 0.1) is 17.8 Å². The Morgan fingerprint density at radius 2 is 1.95 bits per heavy atom. The first-order valence-corrected chi connectivity index (χ1v) is 7.82. The smallest absolute Gasteiger partial charge is 0.201 e. The first kappa shape index (κ1) is 15.7. The fourth-order valence-corrected chi connectivity index (χ4v) is 4.79. The van der Waals surface area contributed by atoms with Gasteiger partial charge in [-0.25, -0.2) is 9.78 Å². The first-order chi connectivity index (χ1) is 9.59. The third kappa shape index (κ3) is 2.01. The minimum atomic E-state index is -0.684. The van der Waals surface area contributed by atoms with Crippen LogP contribution in [-0.2, 0) is 24.0 Å². The van der Waals surface area contributed by atoms with Crippen molar-refractivity contribution >= 4 is 0 Å². The summed E-state index contributed by atoms with van der Waals surface area (Å²) in [6, 6.07) is 0. The number of rotatable bonds is 1. The van der Waals surface area contributed by atoms with Crippen LogP contribution in [-0.4, -0.2) is 31.1 Å². The second-order valence-electron chi connectivity index (χ2n) is 6.98. The van der Waals surface area contributed by atoms with E-state index in [1.165, 1.54) is 12.8 Å². The Labute approximate surface area is 127 Å². The van der Waals surface area contributed by atoms with E-state index in [4.69, 9.17) is 24.0 Å². The van der Waals surface area contributed by atoms with Gasteiger partial charge in [0.1, 0.15) is 0 Å². The van der Waals surface area contributed by atoms with Crippen LogP contribution in [0.4, 0.5) is 0 Å². The largest absolute Gasteiger partial charge is 0.355 e. The van der Waals surface area contributed by atoms with Crippen LogP contribution in [0.5, 0.6) is 0 Å². The Balaban J connectivity index is 0.00000132. The average Bonchev–Trinajstić information content (AvgIpc) is 2.67. The fourth-order valence-electron chi connectivity index (χ4n) is 4.79. The van der Waals surface area contributed by atoms with E-state index in [1.807, 2.05) is 6.92 Å². The third-order valence-electron chi connectivity index (χ3n) is 5.87. The molecule has 4 saturated heterocycles. The summed E-state index contributed by atoms with van der Waals surface area (Å²) >= 11 is 0. The SMILES string of the molecule is C.COC1O[C@@H]2O[C@@]3(C)CCC4CCCC(C1C)[C@]42OO3. The van der Waals surface area contributed by atoms with Crippen molar-refractivity contribution in [1.82, 2.24) is 0 Å². The molecule has 0 N–H and O–H groups in total. The van der Waals surface area contributed by atoms with Gasteiger partial charge in [-0.05, 0) is 32.1 Å². The number of methoxy groups -OCH3 is 1. The second kappa shape index (κ2) is 5.17. The van der Waals surface area contributed by atoms with Gasteiger partial charge in [0.05, 0.1) is 0 Å². The lowest BCUT2D eigenvalue weighted by molar-refractivity contribution is -0.575. The third-order valence-corrected chi connectivity index (χ3v) is 5.87. The highest BCUT2D eigenvalue weighted by molar-refractivity contribution is 5.07. The zero-order valence-electron chi connectivity index (χ0n) is 12.5. The highest BCUT2D eigenvalue weighted by Crippen LogP contribution is 2.59. The molecule has 1 saturated carbocycles. The van der Waals surface area contributed by atoms with E-state index in [0.717, 1.165) is 19.3 Å². The van der Waals surface area contributed by atoms with Crippen molar-refractivity contribution in [1.29, 1.82) is 0 Å². The molecule has 4 aliphatic heterocycles. The van der Waals surface area contributed by atoms with Gasteiger partial charge in [-0.2, -0.15) is 0 Å². The molecule has 5 fully saturated rings. The van der Waals surface area contributed by atoms with Gasteiger partial charge in [0.15, 0.2) is 18.2 Å².